The average molecular weight is 459 g/mol. The number of carbonyl (C=O) groups excluding carboxylic acids is 3. The van der Waals surface area contributed by atoms with Gasteiger partial charge in [0.05, 0.1) is 7.11 Å². The highest BCUT2D eigenvalue weighted by atomic mass is 16.5. The van der Waals surface area contributed by atoms with Gasteiger partial charge in [0.15, 0.2) is 0 Å². The molecule has 4 amide bonds. The summed E-state index contributed by atoms with van der Waals surface area (Å²) >= 11 is 0. The molecule has 1 aliphatic carbocycles. The summed E-state index contributed by atoms with van der Waals surface area (Å²) in [5, 5.41) is 5.61. The van der Waals surface area contributed by atoms with Crippen molar-refractivity contribution in [2.75, 3.05) is 32.1 Å². The predicted octanol–water partition coefficient (Wildman–Crippen LogP) is 3.48. The van der Waals surface area contributed by atoms with Crippen molar-refractivity contribution in [2.24, 2.45) is 11.8 Å². The van der Waals surface area contributed by atoms with Gasteiger partial charge in [-0.05, 0) is 49.9 Å². The minimum atomic E-state index is -0.643. The van der Waals surface area contributed by atoms with E-state index in [2.05, 4.69) is 10.6 Å². The Balaban J connectivity index is 1.56. The first-order chi connectivity index (χ1) is 15.8. The van der Waals surface area contributed by atoms with Gasteiger partial charge in [-0.3, -0.25) is 9.59 Å². The van der Waals surface area contributed by atoms with E-state index in [1.807, 2.05) is 25.7 Å². The Bertz CT molecular complexity index is 820. The van der Waals surface area contributed by atoms with Gasteiger partial charge in [0.25, 0.3) is 0 Å². The molecule has 0 radical (unpaired) electrons. The van der Waals surface area contributed by atoms with Crippen molar-refractivity contribution >= 4 is 23.5 Å². The molecule has 3 rings (SSSR count). The number of ether oxygens (including phenoxy) is 1. The van der Waals surface area contributed by atoms with Crippen LogP contribution in [0.4, 0.5) is 10.5 Å². The summed E-state index contributed by atoms with van der Waals surface area (Å²) in [5.41, 5.74) is 0.617. The molecule has 8 nitrogen and oxygen atoms in total. The number of hydrogen-bond acceptors (Lipinski definition) is 4. The number of piperazine rings is 1. The van der Waals surface area contributed by atoms with Crippen molar-refractivity contribution in [3.05, 3.63) is 24.3 Å². The van der Waals surface area contributed by atoms with Crippen LogP contribution in [0.5, 0.6) is 5.75 Å². The quantitative estimate of drug-likeness (QED) is 0.683. The lowest BCUT2D eigenvalue weighted by atomic mass is 9.87. The smallest absolute Gasteiger partial charge is 0.319 e. The second-order valence-electron chi connectivity index (χ2n) is 9.55. The van der Waals surface area contributed by atoms with E-state index in [4.69, 9.17) is 4.74 Å². The van der Waals surface area contributed by atoms with Gasteiger partial charge in [-0.2, -0.15) is 0 Å². The number of amides is 4. The molecule has 2 fully saturated rings. The molecular formula is C25H38N4O4. The fourth-order valence-electron chi connectivity index (χ4n) is 4.76. The van der Waals surface area contributed by atoms with Gasteiger partial charge in [0, 0.05) is 37.3 Å². The van der Waals surface area contributed by atoms with E-state index < -0.39 is 12.1 Å². The van der Waals surface area contributed by atoms with Gasteiger partial charge >= 0.3 is 6.03 Å². The van der Waals surface area contributed by atoms with Crippen LogP contribution in [0, 0.1) is 11.8 Å². The SMILES string of the molecule is COc1ccc(NC(=O)NC(C(=O)N2CCN(C(=O)C3CCCCC3)C(C)C2)C(C)C)cc1. The van der Waals surface area contributed by atoms with Crippen LogP contribution < -0.4 is 15.4 Å². The Labute approximate surface area is 197 Å². The highest BCUT2D eigenvalue weighted by Gasteiger charge is 2.36. The average Bonchev–Trinajstić information content (AvgIpc) is 2.82. The highest BCUT2D eigenvalue weighted by molar-refractivity contribution is 5.94. The Kier molecular flexibility index (Phi) is 8.58. The van der Waals surface area contributed by atoms with Gasteiger partial charge in [-0.15, -0.1) is 0 Å². The fraction of sp³-hybridized carbons (Fsp3) is 0.640. The van der Waals surface area contributed by atoms with E-state index in [-0.39, 0.29) is 29.7 Å². The molecule has 1 aliphatic heterocycles. The van der Waals surface area contributed by atoms with Crippen molar-refractivity contribution in [1.82, 2.24) is 15.1 Å². The van der Waals surface area contributed by atoms with Crippen molar-refractivity contribution < 1.29 is 19.1 Å². The van der Waals surface area contributed by atoms with Gasteiger partial charge in [-0.25, -0.2) is 4.79 Å². The second kappa shape index (κ2) is 11.4. The van der Waals surface area contributed by atoms with Crippen LogP contribution >= 0.6 is 0 Å². The molecular weight excluding hydrogens is 420 g/mol. The lowest BCUT2D eigenvalue weighted by Crippen LogP contribution is -2.60. The minimum Gasteiger partial charge on any atom is -0.497 e. The van der Waals surface area contributed by atoms with E-state index in [9.17, 15) is 14.4 Å². The molecule has 2 unspecified atom stereocenters. The van der Waals surface area contributed by atoms with E-state index in [0.29, 0.717) is 31.1 Å². The zero-order valence-electron chi connectivity index (χ0n) is 20.3. The van der Waals surface area contributed by atoms with Crippen LogP contribution in [0.3, 0.4) is 0 Å². The molecule has 2 atom stereocenters. The molecule has 2 aliphatic rings. The zero-order chi connectivity index (χ0) is 24.0. The topological polar surface area (TPSA) is 91.0 Å². The Morgan fingerprint density at radius 3 is 2.27 bits per heavy atom. The summed E-state index contributed by atoms with van der Waals surface area (Å²) in [6.45, 7) is 7.37. The summed E-state index contributed by atoms with van der Waals surface area (Å²) < 4.78 is 5.13. The molecule has 0 bridgehead atoms. The van der Waals surface area contributed by atoms with Crippen molar-refractivity contribution in [2.45, 2.75) is 65.0 Å². The summed E-state index contributed by atoms with van der Waals surface area (Å²) in [6.07, 6.45) is 5.44. The van der Waals surface area contributed by atoms with Crippen molar-refractivity contribution in [1.29, 1.82) is 0 Å². The van der Waals surface area contributed by atoms with Gasteiger partial charge in [-0.1, -0.05) is 33.1 Å². The third kappa shape index (κ3) is 6.39. The van der Waals surface area contributed by atoms with Crippen LogP contribution in [-0.2, 0) is 9.59 Å². The maximum Gasteiger partial charge on any atom is 0.319 e. The van der Waals surface area contributed by atoms with Crippen LogP contribution in [0.25, 0.3) is 0 Å². The molecule has 182 valence electrons. The molecule has 1 saturated carbocycles. The van der Waals surface area contributed by atoms with E-state index in [1.54, 1.807) is 36.3 Å². The van der Waals surface area contributed by atoms with Gasteiger partial charge in [0.2, 0.25) is 11.8 Å². The van der Waals surface area contributed by atoms with E-state index in [0.717, 1.165) is 25.7 Å². The lowest BCUT2D eigenvalue weighted by Gasteiger charge is -2.43. The van der Waals surface area contributed by atoms with E-state index in [1.165, 1.54) is 6.42 Å². The summed E-state index contributed by atoms with van der Waals surface area (Å²) in [4.78, 5) is 42.6. The normalized spacial score (nSPS) is 20.3. The molecule has 2 N–H and O–H groups in total. The number of urea groups is 1. The Morgan fingerprint density at radius 1 is 1.03 bits per heavy atom. The van der Waals surface area contributed by atoms with Crippen molar-refractivity contribution in [3.8, 4) is 5.75 Å². The van der Waals surface area contributed by atoms with Crippen LogP contribution in [0.15, 0.2) is 24.3 Å². The zero-order valence-corrected chi connectivity index (χ0v) is 20.3. The van der Waals surface area contributed by atoms with Crippen molar-refractivity contribution in [3.63, 3.8) is 0 Å². The molecule has 8 heteroatoms. The van der Waals surface area contributed by atoms with Gasteiger partial charge < -0.3 is 25.2 Å². The maximum absolute atomic E-state index is 13.3. The molecule has 1 aromatic rings. The minimum absolute atomic E-state index is 0.0296. The summed E-state index contributed by atoms with van der Waals surface area (Å²) in [6, 6.07) is 5.91. The van der Waals surface area contributed by atoms with E-state index >= 15 is 0 Å². The number of nitrogens with zero attached hydrogens (tertiary/aromatic N) is 2. The molecule has 0 spiro atoms. The molecule has 33 heavy (non-hydrogen) atoms. The third-order valence-electron chi connectivity index (χ3n) is 6.74. The molecule has 1 saturated heterocycles. The fourth-order valence-corrected chi connectivity index (χ4v) is 4.76. The number of nitrogens with one attached hydrogen (secondary N) is 2. The van der Waals surface area contributed by atoms with Crippen LogP contribution in [0.2, 0.25) is 0 Å². The van der Waals surface area contributed by atoms with Gasteiger partial charge in [0.1, 0.15) is 11.8 Å². The number of carbonyl (C=O) groups is 3. The highest BCUT2D eigenvalue weighted by Crippen LogP contribution is 2.27. The summed E-state index contributed by atoms with van der Waals surface area (Å²) in [5.74, 6) is 0.899. The number of benzene rings is 1. The molecule has 1 aromatic carbocycles. The Hall–Kier alpha value is -2.77. The predicted molar refractivity (Wildman–Crippen MR) is 128 cm³/mol. The standard InChI is InChI=1S/C25H38N4O4/c1-17(2)22(27-25(32)26-20-10-12-21(33-4)13-11-20)24(31)28-14-15-29(18(3)16-28)23(30)19-8-6-5-7-9-19/h10-13,17-19,22H,5-9,14-16H2,1-4H3,(H2,26,27,32). The second-order valence-corrected chi connectivity index (χ2v) is 9.55. The first-order valence-electron chi connectivity index (χ1n) is 12.1. The van der Waals surface area contributed by atoms with Crippen LogP contribution in [0.1, 0.15) is 52.9 Å². The Morgan fingerprint density at radius 2 is 1.70 bits per heavy atom. The monoisotopic (exact) mass is 458 g/mol. The lowest BCUT2D eigenvalue weighted by molar-refractivity contribution is -0.147. The third-order valence-corrected chi connectivity index (χ3v) is 6.74. The number of rotatable bonds is 6. The summed E-state index contributed by atoms with van der Waals surface area (Å²) in [7, 11) is 1.58. The number of anilines is 1. The first-order valence-corrected chi connectivity index (χ1v) is 12.1. The maximum atomic E-state index is 13.3. The number of methoxy groups -OCH3 is 1. The first kappa shape index (κ1) is 24.9. The molecule has 0 aromatic heterocycles. The number of hydrogen-bond donors (Lipinski definition) is 2. The molecule has 1 heterocycles. The largest absolute Gasteiger partial charge is 0.497 e. The van der Waals surface area contributed by atoms with Crippen LogP contribution in [-0.4, -0.2) is 66.5 Å².